The molecule has 1 heterocycles. The van der Waals surface area contributed by atoms with Crippen LogP contribution in [-0.4, -0.2) is 30.0 Å². The fraction of sp³-hybridized carbons (Fsp3) is 0.273. The maximum Gasteiger partial charge on any atom is 0.363 e. The SMILES string of the molecule is CCCOc1c(I)cc(C=C2N=C(c3ccc(C)c([N+](=O)[O-])c3)OC2=O)cc1OCC. The number of carbonyl (C=O) groups is 1. The van der Waals surface area contributed by atoms with Crippen LogP contribution in [0.25, 0.3) is 6.08 Å². The molecule has 0 aromatic heterocycles. The minimum absolute atomic E-state index is 0.0296. The van der Waals surface area contributed by atoms with Crippen LogP contribution in [0.1, 0.15) is 37.0 Å². The summed E-state index contributed by atoms with van der Waals surface area (Å²) in [6.07, 6.45) is 2.46. The van der Waals surface area contributed by atoms with Gasteiger partial charge in [0.1, 0.15) is 0 Å². The third kappa shape index (κ3) is 5.22. The first-order valence-electron chi connectivity index (χ1n) is 9.71. The van der Waals surface area contributed by atoms with Crippen LogP contribution in [-0.2, 0) is 9.53 Å². The lowest BCUT2D eigenvalue weighted by molar-refractivity contribution is -0.385. The van der Waals surface area contributed by atoms with E-state index < -0.39 is 10.9 Å². The average molecular weight is 536 g/mol. The van der Waals surface area contributed by atoms with Gasteiger partial charge in [-0.2, -0.15) is 0 Å². The quantitative estimate of drug-likeness (QED) is 0.154. The van der Waals surface area contributed by atoms with E-state index in [1.165, 1.54) is 6.07 Å². The predicted molar refractivity (Wildman–Crippen MR) is 125 cm³/mol. The fourth-order valence-electron chi connectivity index (χ4n) is 2.91. The largest absolute Gasteiger partial charge is 0.490 e. The summed E-state index contributed by atoms with van der Waals surface area (Å²) in [5, 5.41) is 11.2. The summed E-state index contributed by atoms with van der Waals surface area (Å²) in [4.78, 5) is 27.3. The Balaban J connectivity index is 1.96. The first-order valence-corrected chi connectivity index (χ1v) is 10.8. The van der Waals surface area contributed by atoms with Gasteiger partial charge in [0.25, 0.3) is 5.69 Å². The molecule has 0 amide bonds. The van der Waals surface area contributed by atoms with Crippen LogP contribution in [0.4, 0.5) is 5.69 Å². The van der Waals surface area contributed by atoms with E-state index in [9.17, 15) is 14.9 Å². The second-order valence-electron chi connectivity index (χ2n) is 6.71. The fourth-order valence-corrected chi connectivity index (χ4v) is 3.69. The summed E-state index contributed by atoms with van der Waals surface area (Å²) in [5.41, 5.74) is 1.61. The number of aryl methyl sites for hydroxylation is 1. The van der Waals surface area contributed by atoms with Gasteiger partial charge in [-0.15, -0.1) is 0 Å². The van der Waals surface area contributed by atoms with Crippen molar-refractivity contribution in [2.45, 2.75) is 27.2 Å². The smallest absolute Gasteiger partial charge is 0.363 e. The lowest BCUT2D eigenvalue weighted by Crippen LogP contribution is -2.06. The Hall–Kier alpha value is -2.95. The zero-order valence-corrected chi connectivity index (χ0v) is 19.5. The summed E-state index contributed by atoms with van der Waals surface area (Å²) < 4.78 is 17.6. The first kappa shape index (κ1) is 22.7. The van der Waals surface area contributed by atoms with Gasteiger partial charge < -0.3 is 14.2 Å². The molecule has 0 saturated heterocycles. The molecular formula is C22H21IN2O6. The molecule has 162 valence electrons. The van der Waals surface area contributed by atoms with Crippen molar-refractivity contribution in [2.75, 3.05) is 13.2 Å². The second kappa shape index (κ2) is 9.90. The summed E-state index contributed by atoms with van der Waals surface area (Å²) in [7, 11) is 0. The van der Waals surface area contributed by atoms with E-state index in [1.54, 1.807) is 31.2 Å². The molecule has 0 aliphatic carbocycles. The summed E-state index contributed by atoms with van der Waals surface area (Å²) in [6.45, 7) is 6.58. The molecule has 0 fully saturated rings. The van der Waals surface area contributed by atoms with E-state index in [1.807, 2.05) is 19.9 Å². The standard InChI is InChI=1S/C22H21IN2O6/c1-4-8-30-20-16(23)9-14(11-19(20)29-5-2)10-17-22(26)31-21(24-17)15-7-6-13(3)18(12-15)25(27)28/h6-7,9-12H,4-5,8H2,1-3H3. The number of hydrogen-bond donors (Lipinski definition) is 0. The van der Waals surface area contributed by atoms with E-state index >= 15 is 0 Å². The molecule has 0 N–H and O–H groups in total. The lowest BCUT2D eigenvalue weighted by atomic mass is 10.1. The Morgan fingerprint density at radius 1 is 1.23 bits per heavy atom. The minimum Gasteiger partial charge on any atom is -0.490 e. The van der Waals surface area contributed by atoms with Crippen LogP contribution in [0, 0.1) is 20.6 Å². The van der Waals surface area contributed by atoms with Crippen LogP contribution in [0.2, 0.25) is 0 Å². The monoisotopic (exact) mass is 536 g/mol. The van der Waals surface area contributed by atoms with Crippen LogP contribution < -0.4 is 9.47 Å². The molecule has 0 spiro atoms. The van der Waals surface area contributed by atoms with Crippen molar-refractivity contribution in [1.29, 1.82) is 0 Å². The summed E-state index contributed by atoms with van der Waals surface area (Å²) >= 11 is 2.16. The number of cyclic esters (lactones) is 1. The van der Waals surface area contributed by atoms with Gasteiger partial charge in [0.2, 0.25) is 5.90 Å². The van der Waals surface area contributed by atoms with Gasteiger partial charge in [0.15, 0.2) is 17.2 Å². The van der Waals surface area contributed by atoms with Crippen molar-refractivity contribution in [3.05, 3.63) is 66.4 Å². The number of esters is 1. The third-order valence-corrected chi connectivity index (χ3v) is 5.16. The van der Waals surface area contributed by atoms with Gasteiger partial charge in [0, 0.05) is 17.2 Å². The van der Waals surface area contributed by atoms with Gasteiger partial charge >= 0.3 is 5.97 Å². The van der Waals surface area contributed by atoms with E-state index in [0.29, 0.717) is 41.4 Å². The summed E-state index contributed by atoms with van der Waals surface area (Å²) in [5.74, 6) is 0.649. The molecule has 8 nitrogen and oxygen atoms in total. The van der Waals surface area contributed by atoms with Crippen molar-refractivity contribution in [3.63, 3.8) is 0 Å². The number of aliphatic imine (C=N–C) groups is 1. The van der Waals surface area contributed by atoms with Gasteiger partial charge in [-0.3, -0.25) is 10.1 Å². The van der Waals surface area contributed by atoms with Crippen molar-refractivity contribution >= 4 is 46.2 Å². The normalized spacial score (nSPS) is 14.4. The Kier molecular flexibility index (Phi) is 7.26. The number of nitro groups is 1. The van der Waals surface area contributed by atoms with E-state index in [2.05, 4.69) is 27.6 Å². The minimum atomic E-state index is -0.627. The predicted octanol–water partition coefficient (Wildman–Crippen LogP) is 5.04. The molecule has 0 unspecified atom stereocenters. The number of halogens is 1. The number of rotatable bonds is 8. The highest BCUT2D eigenvalue weighted by Crippen LogP contribution is 2.35. The molecule has 9 heteroatoms. The number of nitrogens with zero attached hydrogens (tertiary/aromatic N) is 2. The average Bonchev–Trinajstić information content (AvgIpc) is 3.08. The second-order valence-corrected chi connectivity index (χ2v) is 7.87. The third-order valence-electron chi connectivity index (χ3n) is 4.36. The van der Waals surface area contributed by atoms with Gasteiger partial charge in [-0.1, -0.05) is 13.0 Å². The van der Waals surface area contributed by atoms with Gasteiger partial charge in [0.05, 0.1) is 21.7 Å². The molecule has 0 saturated carbocycles. The molecule has 1 aliphatic heterocycles. The molecule has 3 rings (SSSR count). The molecule has 2 aromatic rings. The molecule has 1 aliphatic rings. The molecular weight excluding hydrogens is 515 g/mol. The van der Waals surface area contributed by atoms with Crippen LogP contribution >= 0.6 is 22.6 Å². The van der Waals surface area contributed by atoms with Crippen molar-refractivity contribution in [1.82, 2.24) is 0 Å². The molecule has 0 atom stereocenters. The number of hydrogen-bond acceptors (Lipinski definition) is 7. The zero-order valence-electron chi connectivity index (χ0n) is 17.3. The topological polar surface area (TPSA) is 100 Å². The Bertz CT molecular complexity index is 1090. The molecule has 31 heavy (non-hydrogen) atoms. The number of nitro benzene ring substituents is 1. The van der Waals surface area contributed by atoms with Crippen molar-refractivity contribution in [3.8, 4) is 11.5 Å². The zero-order chi connectivity index (χ0) is 22.5. The van der Waals surface area contributed by atoms with Gasteiger partial charge in [-0.25, -0.2) is 9.79 Å². The van der Waals surface area contributed by atoms with Crippen LogP contribution in [0.3, 0.4) is 0 Å². The first-order chi connectivity index (χ1) is 14.8. The van der Waals surface area contributed by atoms with Crippen molar-refractivity contribution in [2.24, 2.45) is 4.99 Å². The molecule has 2 aromatic carbocycles. The number of carbonyl (C=O) groups excluding carboxylic acids is 1. The lowest BCUT2D eigenvalue weighted by Gasteiger charge is -2.14. The maximum absolute atomic E-state index is 12.4. The van der Waals surface area contributed by atoms with E-state index in [4.69, 9.17) is 14.2 Å². The van der Waals surface area contributed by atoms with Crippen LogP contribution in [0.15, 0.2) is 41.0 Å². The number of benzene rings is 2. The maximum atomic E-state index is 12.4. The highest BCUT2D eigenvalue weighted by atomic mass is 127. The van der Waals surface area contributed by atoms with Crippen LogP contribution in [0.5, 0.6) is 11.5 Å². The molecule has 0 radical (unpaired) electrons. The molecule has 0 bridgehead atoms. The highest BCUT2D eigenvalue weighted by Gasteiger charge is 2.26. The van der Waals surface area contributed by atoms with Gasteiger partial charge in [-0.05, 0) is 72.7 Å². The Morgan fingerprint density at radius 2 is 2.00 bits per heavy atom. The van der Waals surface area contributed by atoms with E-state index in [-0.39, 0.29) is 17.3 Å². The van der Waals surface area contributed by atoms with Crippen molar-refractivity contribution < 1.29 is 23.9 Å². The Labute approximate surface area is 193 Å². The summed E-state index contributed by atoms with van der Waals surface area (Å²) in [6, 6.07) is 8.21. The Morgan fingerprint density at radius 3 is 2.68 bits per heavy atom. The van der Waals surface area contributed by atoms with E-state index in [0.717, 1.165) is 9.99 Å². The highest BCUT2D eigenvalue weighted by molar-refractivity contribution is 14.1. The number of ether oxygens (including phenoxy) is 3.